The quantitative estimate of drug-likeness (QED) is 0.0978. The summed E-state index contributed by atoms with van der Waals surface area (Å²) in [5.41, 5.74) is 3.30. The largest absolute Gasteiger partial charge is 0.507 e. The lowest BCUT2D eigenvalue weighted by molar-refractivity contribution is 0.166. The molecule has 0 aliphatic heterocycles. The first kappa shape index (κ1) is 37.6. The Bertz CT molecular complexity index is 1030. The molecule has 0 aromatic heterocycles. The molecule has 0 atom stereocenters. The van der Waals surface area contributed by atoms with Crippen molar-refractivity contribution in [2.24, 2.45) is 9.98 Å². The van der Waals surface area contributed by atoms with Crippen LogP contribution in [-0.4, -0.2) is 33.7 Å². The highest BCUT2D eigenvalue weighted by Crippen LogP contribution is 2.45. The van der Waals surface area contributed by atoms with Crippen molar-refractivity contribution in [2.45, 2.75) is 168 Å². The average molecular weight is 605 g/mol. The molecule has 0 fully saturated rings. The molecule has 4 heteroatoms. The Labute approximate surface area is 270 Å². The topological polar surface area (TPSA) is 65.2 Å². The number of hydrogen-bond acceptors (Lipinski definition) is 4. The van der Waals surface area contributed by atoms with E-state index in [2.05, 4.69) is 65.8 Å². The summed E-state index contributed by atoms with van der Waals surface area (Å²) >= 11 is 0. The van der Waals surface area contributed by atoms with Crippen LogP contribution in [0.2, 0.25) is 0 Å². The van der Waals surface area contributed by atoms with E-state index in [-0.39, 0.29) is 11.5 Å². The second kappa shape index (κ2) is 20.4. The Hall–Kier alpha value is -2.62. The first-order chi connectivity index (χ1) is 21.3. The van der Waals surface area contributed by atoms with Crippen molar-refractivity contribution >= 4 is 12.4 Å². The predicted octanol–water partition coefficient (Wildman–Crippen LogP) is 11.6. The summed E-state index contributed by atoms with van der Waals surface area (Å²) in [6, 6.07) is 12.0. The van der Waals surface area contributed by atoms with E-state index in [4.69, 9.17) is 9.98 Å². The monoisotopic (exact) mass is 604 g/mol. The molecule has 2 aromatic carbocycles. The van der Waals surface area contributed by atoms with Gasteiger partial charge in [0.2, 0.25) is 0 Å². The van der Waals surface area contributed by atoms with Gasteiger partial charge < -0.3 is 10.2 Å². The Morgan fingerprint density at radius 2 is 0.864 bits per heavy atom. The molecule has 0 bridgehead atoms. The van der Waals surface area contributed by atoms with Gasteiger partial charge in [-0.15, -0.1) is 0 Å². The molecule has 44 heavy (non-hydrogen) atoms. The van der Waals surface area contributed by atoms with Crippen LogP contribution in [0.3, 0.4) is 0 Å². The molecule has 0 radical (unpaired) electrons. The van der Waals surface area contributed by atoms with Gasteiger partial charge in [0.1, 0.15) is 11.5 Å². The minimum Gasteiger partial charge on any atom is -0.507 e. The van der Waals surface area contributed by atoms with Gasteiger partial charge in [-0.1, -0.05) is 118 Å². The standard InChI is InChI=1S/C40H64N2O2/c1-7-13-15-17-19-33-21-23-37(43)35(29-33)31-41-39(25-9-3,26-10-4)40(27-11-5,28-12-6)42-32-36-30-34(22-24-38(36)44)20-18-16-14-8-2/h21-24,29-32,43-44H,7-20,25-28H2,1-6H3. The van der Waals surface area contributed by atoms with E-state index in [1.807, 2.05) is 24.6 Å². The van der Waals surface area contributed by atoms with Crippen molar-refractivity contribution in [3.8, 4) is 11.5 Å². The maximum absolute atomic E-state index is 10.9. The molecule has 2 rings (SSSR count). The van der Waals surface area contributed by atoms with E-state index in [1.165, 1.54) is 62.5 Å². The molecule has 2 N–H and O–H groups in total. The number of aryl methyl sites for hydroxylation is 2. The summed E-state index contributed by atoms with van der Waals surface area (Å²) in [7, 11) is 0. The molecule has 4 nitrogen and oxygen atoms in total. The smallest absolute Gasteiger partial charge is 0.124 e. The number of phenols is 2. The normalized spacial score (nSPS) is 12.6. The van der Waals surface area contributed by atoms with Gasteiger partial charge in [-0.2, -0.15) is 0 Å². The van der Waals surface area contributed by atoms with Gasteiger partial charge in [0.25, 0.3) is 0 Å². The van der Waals surface area contributed by atoms with E-state index in [0.29, 0.717) is 0 Å². The van der Waals surface area contributed by atoms with Crippen LogP contribution in [0.4, 0.5) is 0 Å². The highest BCUT2D eigenvalue weighted by Gasteiger charge is 2.48. The third-order valence-corrected chi connectivity index (χ3v) is 9.24. The minimum atomic E-state index is -0.407. The van der Waals surface area contributed by atoms with Gasteiger partial charge in [0, 0.05) is 23.6 Å². The summed E-state index contributed by atoms with van der Waals surface area (Å²) in [6.07, 6.45) is 23.5. The molecular formula is C40H64N2O2. The minimum absolute atomic E-state index is 0.286. The Kier molecular flexibility index (Phi) is 17.4. The number of aromatic hydroxyl groups is 2. The summed E-state index contributed by atoms with van der Waals surface area (Å²) in [5, 5.41) is 21.7. The highest BCUT2D eigenvalue weighted by molar-refractivity contribution is 5.85. The molecule has 0 aliphatic carbocycles. The molecule has 0 saturated carbocycles. The number of phenolic OH excluding ortho intramolecular Hbond substituents is 2. The second-order valence-corrected chi connectivity index (χ2v) is 13.0. The van der Waals surface area contributed by atoms with Gasteiger partial charge in [-0.25, -0.2) is 0 Å². The second-order valence-electron chi connectivity index (χ2n) is 13.0. The molecule has 0 spiro atoms. The SMILES string of the molecule is CCCCCCc1ccc(O)c(C=NC(CCC)(CCC)C(CCC)(CCC)N=Cc2cc(CCCCCC)ccc2O)c1. The van der Waals surface area contributed by atoms with Crippen LogP contribution in [0.1, 0.15) is 167 Å². The number of aliphatic imine (C=N–C) groups is 2. The summed E-state index contributed by atoms with van der Waals surface area (Å²) < 4.78 is 0. The summed E-state index contributed by atoms with van der Waals surface area (Å²) in [6.45, 7) is 13.5. The van der Waals surface area contributed by atoms with E-state index in [9.17, 15) is 10.2 Å². The summed E-state index contributed by atoms with van der Waals surface area (Å²) in [4.78, 5) is 11.0. The molecule has 0 heterocycles. The average Bonchev–Trinajstić information content (AvgIpc) is 3.01. The van der Waals surface area contributed by atoms with Crippen molar-refractivity contribution in [2.75, 3.05) is 0 Å². The van der Waals surface area contributed by atoms with Gasteiger partial charge in [-0.05, 0) is 86.8 Å². The van der Waals surface area contributed by atoms with E-state index in [0.717, 1.165) is 75.3 Å². The first-order valence-electron chi connectivity index (χ1n) is 18.1. The van der Waals surface area contributed by atoms with Crippen LogP contribution in [0.25, 0.3) is 0 Å². The van der Waals surface area contributed by atoms with Crippen molar-refractivity contribution in [1.29, 1.82) is 0 Å². The molecular weight excluding hydrogens is 540 g/mol. The van der Waals surface area contributed by atoms with E-state index in [1.54, 1.807) is 0 Å². The van der Waals surface area contributed by atoms with Crippen LogP contribution >= 0.6 is 0 Å². The van der Waals surface area contributed by atoms with E-state index < -0.39 is 11.1 Å². The zero-order valence-electron chi connectivity index (χ0n) is 29.1. The molecule has 0 unspecified atom stereocenters. The maximum atomic E-state index is 10.9. The van der Waals surface area contributed by atoms with E-state index >= 15 is 0 Å². The van der Waals surface area contributed by atoms with Gasteiger partial charge >= 0.3 is 0 Å². The fourth-order valence-electron chi connectivity index (χ4n) is 6.96. The lowest BCUT2D eigenvalue weighted by Gasteiger charge is -2.46. The van der Waals surface area contributed by atoms with Crippen molar-refractivity contribution in [3.05, 3.63) is 58.7 Å². The van der Waals surface area contributed by atoms with Crippen LogP contribution in [0.5, 0.6) is 11.5 Å². The van der Waals surface area contributed by atoms with Crippen molar-refractivity contribution in [3.63, 3.8) is 0 Å². The summed E-state index contributed by atoms with van der Waals surface area (Å²) in [5.74, 6) is 0.572. The molecule has 0 amide bonds. The number of hydrogen-bond donors (Lipinski definition) is 2. The molecule has 0 aliphatic rings. The van der Waals surface area contributed by atoms with Crippen LogP contribution < -0.4 is 0 Å². The highest BCUT2D eigenvalue weighted by atomic mass is 16.3. The fraction of sp³-hybridized carbons (Fsp3) is 0.650. The Morgan fingerprint density at radius 3 is 1.18 bits per heavy atom. The third kappa shape index (κ3) is 11.1. The van der Waals surface area contributed by atoms with Crippen LogP contribution in [0, 0.1) is 0 Å². The molecule has 2 aromatic rings. The first-order valence-corrected chi connectivity index (χ1v) is 18.1. The molecule has 246 valence electrons. The van der Waals surface area contributed by atoms with Crippen LogP contribution in [-0.2, 0) is 12.8 Å². The number of unbranched alkanes of at least 4 members (excludes halogenated alkanes) is 6. The predicted molar refractivity (Wildman–Crippen MR) is 192 cm³/mol. The fourth-order valence-corrected chi connectivity index (χ4v) is 6.96. The zero-order chi connectivity index (χ0) is 32.3. The maximum Gasteiger partial charge on any atom is 0.124 e. The number of nitrogens with zero attached hydrogens (tertiary/aromatic N) is 2. The number of benzene rings is 2. The Balaban J connectivity index is 2.57. The van der Waals surface area contributed by atoms with Gasteiger partial charge in [0.15, 0.2) is 0 Å². The number of rotatable bonds is 23. The third-order valence-electron chi connectivity index (χ3n) is 9.24. The van der Waals surface area contributed by atoms with Crippen molar-refractivity contribution < 1.29 is 10.2 Å². The van der Waals surface area contributed by atoms with Gasteiger partial charge in [-0.3, -0.25) is 9.98 Å². The Morgan fingerprint density at radius 1 is 0.500 bits per heavy atom. The molecule has 0 saturated heterocycles. The van der Waals surface area contributed by atoms with Crippen LogP contribution in [0.15, 0.2) is 46.4 Å². The lowest BCUT2D eigenvalue weighted by atomic mass is 9.67. The van der Waals surface area contributed by atoms with Crippen molar-refractivity contribution in [1.82, 2.24) is 0 Å². The zero-order valence-corrected chi connectivity index (χ0v) is 29.1. The van der Waals surface area contributed by atoms with Gasteiger partial charge in [0.05, 0.1) is 11.1 Å². The lowest BCUT2D eigenvalue weighted by Crippen LogP contribution is -2.52.